The molecule has 0 unspecified atom stereocenters. The summed E-state index contributed by atoms with van der Waals surface area (Å²) >= 11 is 0. The van der Waals surface area contributed by atoms with E-state index in [9.17, 15) is 9.90 Å². The molecule has 0 atom stereocenters. The summed E-state index contributed by atoms with van der Waals surface area (Å²) < 4.78 is 0. The van der Waals surface area contributed by atoms with E-state index in [-0.39, 0.29) is 42.5 Å². The molecule has 0 spiro atoms. The molecule has 48 heavy (non-hydrogen) atoms. The zero-order valence-electron chi connectivity index (χ0n) is 29.1. The van der Waals surface area contributed by atoms with E-state index in [1.165, 1.54) is 46.0 Å². The molecule has 4 nitrogen and oxygen atoms in total. The van der Waals surface area contributed by atoms with Crippen LogP contribution in [0, 0.1) is 34.7 Å². The molecular weight excluding hydrogens is 785 g/mol. The molecule has 4 aliphatic carbocycles. The first-order valence-electron chi connectivity index (χ1n) is 17.3. The topological polar surface area (TPSA) is 63.1 Å². The van der Waals surface area contributed by atoms with Crippen molar-refractivity contribution in [1.29, 1.82) is 0 Å². The largest absolute Gasteiger partial charge is 0.512 e. The van der Waals surface area contributed by atoms with Gasteiger partial charge in [0.15, 0.2) is 5.78 Å². The van der Waals surface area contributed by atoms with Gasteiger partial charge in [0.1, 0.15) is 12.1 Å². The predicted octanol–water partition coefficient (Wildman–Crippen LogP) is 10.2. The monoisotopic (exact) mass is 832 g/mol. The second kappa shape index (κ2) is 12.9. The Labute approximate surface area is 299 Å². The molecule has 4 aliphatic rings. The number of aliphatic hydroxyl groups is 1. The van der Waals surface area contributed by atoms with Crippen molar-refractivity contribution in [2.24, 2.45) is 28.6 Å². The van der Waals surface area contributed by atoms with Crippen LogP contribution in [-0.4, -0.2) is 28.9 Å². The van der Waals surface area contributed by atoms with Gasteiger partial charge < -0.3 is 5.11 Å². The van der Waals surface area contributed by atoms with Crippen LogP contribution in [0.3, 0.4) is 0 Å². The molecule has 251 valence electrons. The SMILES string of the molecule is CC(C)(C)/C(O)=C/C(=O)C12CC3CC(CC(C3)C1)C2.C[Si](C)(C)c1cccc2ccc3c(-c4[c-]ccc5ccccc45)ncnc3c12.[Ir]. The van der Waals surface area contributed by atoms with E-state index in [0.717, 1.165) is 59.2 Å². The first-order chi connectivity index (χ1) is 22.3. The number of ketones is 1. The zero-order chi connectivity index (χ0) is 33.1. The molecule has 9 rings (SSSR count). The number of carbonyl (C=O) groups is 1. The summed E-state index contributed by atoms with van der Waals surface area (Å²) in [5.41, 5.74) is 2.60. The molecule has 6 heteroatoms. The molecule has 0 saturated heterocycles. The number of nitrogens with zero attached hydrogens (tertiary/aromatic N) is 2. The summed E-state index contributed by atoms with van der Waals surface area (Å²) in [5.74, 6) is 2.79. The van der Waals surface area contributed by atoms with Gasteiger partial charge in [0.25, 0.3) is 0 Å². The van der Waals surface area contributed by atoms with Gasteiger partial charge in [-0.25, -0.2) is 4.98 Å². The van der Waals surface area contributed by atoms with Crippen LogP contribution in [-0.2, 0) is 24.9 Å². The van der Waals surface area contributed by atoms with Crippen LogP contribution < -0.4 is 5.19 Å². The maximum atomic E-state index is 12.7. The summed E-state index contributed by atoms with van der Waals surface area (Å²) in [6.45, 7) is 13.0. The Morgan fingerprint density at radius 3 is 2.15 bits per heavy atom. The molecule has 4 saturated carbocycles. The molecule has 1 heterocycles. The Morgan fingerprint density at radius 1 is 0.854 bits per heavy atom. The van der Waals surface area contributed by atoms with Crippen molar-refractivity contribution < 1.29 is 30.0 Å². The van der Waals surface area contributed by atoms with Crippen molar-refractivity contribution >= 4 is 51.5 Å². The van der Waals surface area contributed by atoms with Crippen molar-refractivity contribution in [3.63, 3.8) is 0 Å². The number of benzene rings is 4. The number of aliphatic hydroxyl groups excluding tert-OH is 1. The van der Waals surface area contributed by atoms with Gasteiger partial charge >= 0.3 is 0 Å². The van der Waals surface area contributed by atoms with E-state index in [2.05, 4.69) is 86.4 Å². The van der Waals surface area contributed by atoms with Crippen LogP contribution in [0.2, 0.25) is 19.6 Å². The van der Waals surface area contributed by atoms with Crippen LogP contribution in [0.25, 0.3) is 43.7 Å². The number of allylic oxidation sites excluding steroid dienone is 2. The van der Waals surface area contributed by atoms with Gasteiger partial charge in [-0.2, -0.15) is 0 Å². The number of carbonyl (C=O) groups excluding carboxylic acids is 1. The third kappa shape index (κ3) is 6.44. The minimum absolute atomic E-state index is 0. The van der Waals surface area contributed by atoms with Crippen LogP contribution in [0.1, 0.15) is 59.3 Å². The Hall–Kier alpha value is -3.18. The Balaban J connectivity index is 0.000000176. The summed E-state index contributed by atoms with van der Waals surface area (Å²) in [6.07, 6.45) is 10.5. The fraction of sp³-hybridized carbons (Fsp3) is 0.405. The minimum atomic E-state index is -1.52. The number of fused-ring (bicyclic) bond motifs is 4. The number of hydrogen-bond acceptors (Lipinski definition) is 4. The summed E-state index contributed by atoms with van der Waals surface area (Å²) in [5, 5.41) is 17.5. The molecule has 4 fully saturated rings. The summed E-state index contributed by atoms with van der Waals surface area (Å²) in [4.78, 5) is 22.2. The van der Waals surface area contributed by atoms with Crippen LogP contribution in [0.15, 0.2) is 84.9 Å². The van der Waals surface area contributed by atoms with E-state index in [1.807, 2.05) is 26.8 Å². The zero-order valence-corrected chi connectivity index (χ0v) is 32.5. The van der Waals surface area contributed by atoms with Gasteiger partial charge in [-0.15, -0.1) is 29.1 Å². The van der Waals surface area contributed by atoms with E-state index in [0.29, 0.717) is 0 Å². The molecule has 1 radical (unpaired) electrons. The van der Waals surface area contributed by atoms with Gasteiger partial charge in [-0.1, -0.05) is 106 Å². The maximum absolute atomic E-state index is 12.7. The normalized spacial score (nSPS) is 23.5. The van der Waals surface area contributed by atoms with Crippen molar-refractivity contribution in [2.45, 2.75) is 78.9 Å². The van der Waals surface area contributed by atoms with Crippen LogP contribution in [0.5, 0.6) is 0 Å². The fourth-order valence-corrected chi connectivity index (χ4v) is 10.6. The fourth-order valence-electron chi connectivity index (χ4n) is 8.99. The average molecular weight is 832 g/mol. The van der Waals surface area contributed by atoms with Crippen molar-refractivity contribution in [2.75, 3.05) is 0 Å². The average Bonchev–Trinajstić information content (AvgIpc) is 3.02. The van der Waals surface area contributed by atoms with Crippen LogP contribution >= 0.6 is 0 Å². The number of hydrogen-bond donors (Lipinski definition) is 1. The van der Waals surface area contributed by atoms with Gasteiger partial charge in [0.2, 0.25) is 0 Å². The Morgan fingerprint density at radius 2 is 1.50 bits per heavy atom. The first-order valence-corrected chi connectivity index (χ1v) is 20.8. The van der Waals surface area contributed by atoms with Gasteiger partial charge in [-0.05, 0) is 72.7 Å². The van der Waals surface area contributed by atoms with E-state index in [4.69, 9.17) is 9.97 Å². The third-order valence-electron chi connectivity index (χ3n) is 11.0. The molecule has 0 aliphatic heterocycles. The molecule has 0 amide bonds. The summed E-state index contributed by atoms with van der Waals surface area (Å²) in [7, 11) is -1.52. The first kappa shape index (κ1) is 34.7. The molecule has 1 N–H and O–H groups in total. The van der Waals surface area contributed by atoms with Crippen molar-refractivity contribution in [3.8, 4) is 11.3 Å². The van der Waals surface area contributed by atoms with Crippen molar-refractivity contribution in [3.05, 3.63) is 91.0 Å². The van der Waals surface area contributed by atoms with Crippen LogP contribution in [0.4, 0.5) is 0 Å². The number of rotatable bonds is 4. The summed E-state index contributed by atoms with van der Waals surface area (Å²) in [6, 6.07) is 26.9. The molecular formula is C42H47IrN2O2Si-. The second-order valence-electron chi connectivity index (χ2n) is 16.6. The predicted molar refractivity (Wildman–Crippen MR) is 198 cm³/mol. The Kier molecular flexibility index (Phi) is 9.34. The van der Waals surface area contributed by atoms with Gasteiger partial charge in [-0.3, -0.25) is 9.78 Å². The second-order valence-corrected chi connectivity index (χ2v) is 21.7. The Bertz CT molecular complexity index is 2000. The third-order valence-corrected chi connectivity index (χ3v) is 13.0. The van der Waals surface area contributed by atoms with Gasteiger partial charge in [0.05, 0.1) is 13.6 Å². The molecule has 1 aromatic heterocycles. The molecule has 4 bridgehead atoms. The molecule has 5 aromatic rings. The minimum Gasteiger partial charge on any atom is -0.512 e. The standard InChI is InChI=1S/C25H21N2Si.C17H26O2.Ir/c1-28(2,3)22-13-7-10-18-14-15-21-24(26-16-27-25(21)23(18)22)20-12-6-9-17-8-4-5-11-19(17)20;1-16(2,3)14(18)7-15(19)17-8-11-4-12(9-17)6-13(5-11)10-17;/h4-11,13-16H,1-3H3;7,11-13,18H,4-6,8-10H2,1-3H3;/q-1;;/b;14-7-;. The number of aromatic nitrogens is 2. The van der Waals surface area contributed by atoms with E-state index >= 15 is 0 Å². The maximum Gasteiger partial charge on any atom is 0.165 e. The quantitative estimate of drug-likeness (QED) is 0.0644. The van der Waals surface area contributed by atoms with Gasteiger partial charge in [0, 0.05) is 42.4 Å². The van der Waals surface area contributed by atoms with E-state index < -0.39 is 8.07 Å². The van der Waals surface area contributed by atoms with E-state index in [1.54, 1.807) is 12.4 Å². The smallest absolute Gasteiger partial charge is 0.165 e. The van der Waals surface area contributed by atoms with Crippen molar-refractivity contribution in [1.82, 2.24) is 9.97 Å². The molecule has 4 aromatic carbocycles.